The molecule has 0 radical (unpaired) electrons. The Bertz CT molecular complexity index is 389. The van der Waals surface area contributed by atoms with Gasteiger partial charge in [-0.1, -0.05) is 0 Å². The molecule has 0 aliphatic heterocycles. The van der Waals surface area contributed by atoms with E-state index in [1.54, 1.807) is 0 Å². The number of rotatable bonds is 4. The van der Waals surface area contributed by atoms with Gasteiger partial charge in [0.25, 0.3) is 0 Å². The van der Waals surface area contributed by atoms with Crippen molar-refractivity contribution in [3.63, 3.8) is 0 Å². The van der Waals surface area contributed by atoms with E-state index in [9.17, 15) is 3.74 Å². The van der Waals surface area contributed by atoms with E-state index < -0.39 is 14.2 Å². The van der Waals surface area contributed by atoms with Crippen LogP contribution in [0.3, 0.4) is 0 Å². The maximum atomic E-state index is 10.9. The second kappa shape index (κ2) is 4.72. The van der Waals surface area contributed by atoms with Crippen molar-refractivity contribution in [3.05, 3.63) is 18.2 Å². The zero-order chi connectivity index (χ0) is 11.5. The van der Waals surface area contributed by atoms with Crippen molar-refractivity contribution in [3.8, 4) is 5.75 Å². The number of aliphatic hydroxyl groups is 1. The molecule has 7 heteroatoms. The molecule has 0 saturated heterocycles. The van der Waals surface area contributed by atoms with Crippen LogP contribution in [0, 0.1) is 0 Å². The molecule has 0 heterocycles. The number of hydrogen-bond acceptors (Lipinski definition) is 4. The van der Waals surface area contributed by atoms with Crippen LogP contribution < -0.4 is 14.8 Å². The monoisotopic (exact) mass is 277 g/mol. The van der Waals surface area contributed by atoms with E-state index in [-0.39, 0.29) is 23.3 Å². The van der Waals surface area contributed by atoms with Crippen LogP contribution in [0.5, 0.6) is 5.75 Å². The third-order valence-electron chi connectivity index (χ3n) is 1.68. The normalized spacial score (nSPS) is 11.4. The molecule has 5 N–H and O–H groups in total. The average Bonchev–Trinajstić information content (AvgIpc) is 2.14. The standard InChI is InChI=1S/C8H12AsNO5/c10-7-5-6(9(12,13)14)1-2-8(7)15-4-3-11/h1-2,5,11H,3-4,10H2,(H2,12,13,14). The molecule has 0 aromatic heterocycles. The molecule has 1 aromatic rings. The summed E-state index contributed by atoms with van der Waals surface area (Å²) in [5, 5.41) is 8.51. The summed E-state index contributed by atoms with van der Waals surface area (Å²) in [4.78, 5) is 0. The van der Waals surface area contributed by atoms with E-state index in [2.05, 4.69) is 0 Å². The number of aliphatic hydroxyl groups excluding tert-OH is 1. The van der Waals surface area contributed by atoms with Gasteiger partial charge in [-0.05, 0) is 0 Å². The Morgan fingerprint density at radius 3 is 2.53 bits per heavy atom. The molecular weight excluding hydrogens is 265 g/mol. The summed E-state index contributed by atoms with van der Waals surface area (Å²) in [6.45, 7) is -0.0615. The first-order valence-corrected chi connectivity index (χ1v) is 7.52. The average molecular weight is 277 g/mol. The van der Waals surface area contributed by atoms with E-state index in [0.717, 1.165) is 0 Å². The first-order chi connectivity index (χ1) is 6.95. The first-order valence-electron chi connectivity index (χ1n) is 4.14. The molecule has 15 heavy (non-hydrogen) atoms. The summed E-state index contributed by atoms with van der Waals surface area (Å²) < 4.78 is 33.7. The van der Waals surface area contributed by atoms with Crippen molar-refractivity contribution in [2.24, 2.45) is 0 Å². The predicted molar refractivity (Wildman–Crippen MR) is 53.9 cm³/mol. The zero-order valence-electron chi connectivity index (χ0n) is 7.83. The molecule has 1 rings (SSSR count). The van der Waals surface area contributed by atoms with Crippen LogP contribution in [0.1, 0.15) is 0 Å². The molecule has 0 aliphatic carbocycles. The summed E-state index contributed by atoms with van der Waals surface area (Å²) in [5.41, 5.74) is 5.66. The quantitative estimate of drug-likeness (QED) is 0.381. The number of anilines is 1. The molecule has 84 valence electrons. The van der Waals surface area contributed by atoms with Crippen LogP contribution in [0.4, 0.5) is 5.69 Å². The minimum absolute atomic E-state index is 0.0878. The summed E-state index contributed by atoms with van der Waals surface area (Å²) >= 11 is -4.88. The SMILES string of the molecule is Nc1cc([As](=O)(O)O)ccc1OCCO. The summed E-state index contributed by atoms with van der Waals surface area (Å²) in [6.07, 6.45) is 0. The van der Waals surface area contributed by atoms with Gasteiger partial charge >= 0.3 is 88.9 Å². The van der Waals surface area contributed by atoms with Crippen LogP contribution in [0.25, 0.3) is 0 Å². The van der Waals surface area contributed by atoms with Gasteiger partial charge < -0.3 is 0 Å². The van der Waals surface area contributed by atoms with Gasteiger partial charge in [0.1, 0.15) is 0 Å². The van der Waals surface area contributed by atoms with E-state index in [1.807, 2.05) is 0 Å². The molecule has 6 nitrogen and oxygen atoms in total. The van der Waals surface area contributed by atoms with Crippen molar-refractivity contribution in [1.29, 1.82) is 0 Å². The fourth-order valence-electron chi connectivity index (χ4n) is 1.00. The van der Waals surface area contributed by atoms with Gasteiger partial charge in [-0.15, -0.1) is 0 Å². The van der Waals surface area contributed by atoms with E-state index in [1.165, 1.54) is 18.2 Å². The third kappa shape index (κ3) is 3.28. The second-order valence-corrected chi connectivity index (χ2v) is 6.20. The molecule has 0 fully saturated rings. The van der Waals surface area contributed by atoms with Crippen molar-refractivity contribution in [1.82, 2.24) is 0 Å². The van der Waals surface area contributed by atoms with Crippen LogP contribution in [-0.4, -0.2) is 40.7 Å². The summed E-state index contributed by atoms with van der Waals surface area (Å²) in [6, 6.07) is 3.83. The Kier molecular flexibility index (Phi) is 3.82. The number of nitrogens with two attached hydrogens (primary N) is 1. The Morgan fingerprint density at radius 2 is 2.07 bits per heavy atom. The summed E-state index contributed by atoms with van der Waals surface area (Å²) in [7, 11) is 0. The Hall–Kier alpha value is -0.942. The Morgan fingerprint density at radius 1 is 1.40 bits per heavy atom. The number of benzene rings is 1. The van der Waals surface area contributed by atoms with Gasteiger partial charge in [0.15, 0.2) is 0 Å². The molecule has 1 aromatic carbocycles. The minimum atomic E-state index is -4.88. The Labute approximate surface area is 89.3 Å². The molecule has 0 amide bonds. The van der Waals surface area contributed by atoms with Gasteiger partial charge in [-0.3, -0.25) is 0 Å². The molecular formula is C8H12AsNO5. The summed E-state index contributed by atoms with van der Waals surface area (Å²) in [5.74, 6) is 0.303. The molecule has 0 atom stereocenters. The van der Waals surface area contributed by atoms with Crippen LogP contribution >= 0.6 is 0 Å². The van der Waals surface area contributed by atoms with Gasteiger partial charge in [0.2, 0.25) is 0 Å². The molecule has 0 saturated carbocycles. The molecule has 0 aliphatic rings. The fourth-order valence-corrected chi connectivity index (χ4v) is 2.21. The van der Waals surface area contributed by atoms with Crippen LogP contribution in [0.2, 0.25) is 0 Å². The zero-order valence-corrected chi connectivity index (χ0v) is 9.71. The third-order valence-corrected chi connectivity index (χ3v) is 3.67. The van der Waals surface area contributed by atoms with Crippen molar-refractivity contribution in [2.75, 3.05) is 18.9 Å². The number of nitrogen functional groups attached to an aromatic ring is 1. The molecule has 0 spiro atoms. The van der Waals surface area contributed by atoms with Gasteiger partial charge in [0.05, 0.1) is 0 Å². The number of hydrogen-bond donors (Lipinski definition) is 4. The van der Waals surface area contributed by atoms with Crippen molar-refractivity contribution >= 4 is 24.2 Å². The fraction of sp³-hybridized carbons (Fsp3) is 0.250. The molecule has 0 bridgehead atoms. The van der Waals surface area contributed by atoms with E-state index >= 15 is 0 Å². The number of ether oxygens (including phenoxy) is 1. The first kappa shape index (κ1) is 12.1. The topological polar surface area (TPSA) is 113 Å². The second-order valence-electron chi connectivity index (χ2n) is 2.84. The van der Waals surface area contributed by atoms with E-state index in [0.29, 0.717) is 5.75 Å². The Balaban J connectivity index is 2.93. The van der Waals surface area contributed by atoms with Gasteiger partial charge in [0, 0.05) is 0 Å². The predicted octanol–water partition coefficient (Wildman–Crippen LogP) is -1.80. The van der Waals surface area contributed by atoms with Gasteiger partial charge in [-0.25, -0.2) is 0 Å². The van der Waals surface area contributed by atoms with Crippen molar-refractivity contribution < 1.29 is 21.8 Å². The van der Waals surface area contributed by atoms with Crippen LogP contribution in [0.15, 0.2) is 18.2 Å². The maximum absolute atomic E-state index is 10.9. The molecule has 0 unspecified atom stereocenters. The van der Waals surface area contributed by atoms with E-state index in [4.69, 9.17) is 23.8 Å². The van der Waals surface area contributed by atoms with Crippen LogP contribution in [-0.2, 0) is 3.74 Å². The van der Waals surface area contributed by atoms with Crippen molar-refractivity contribution in [2.45, 2.75) is 0 Å². The van der Waals surface area contributed by atoms with Gasteiger partial charge in [-0.2, -0.15) is 0 Å².